The quantitative estimate of drug-likeness (QED) is 0.239. The van der Waals surface area contributed by atoms with E-state index in [4.69, 9.17) is 17.0 Å². The fourth-order valence-electron chi connectivity index (χ4n) is 0.963. The lowest BCUT2D eigenvalue weighted by Gasteiger charge is -2.30. The standard InChI is InChI=1S/C7H12N4O2S2/c1-4(13-5(2)12)8-11-9-6(14)3-7(15)10-11/h3-4,8-9,14H,1-2H3,(H,10,15). The minimum Gasteiger partial charge on any atom is -0.446 e. The third kappa shape index (κ3) is 4.47. The molecule has 0 aliphatic carbocycles. The molecule has 84 valence electrons. The Morgan fingerprint density at radius 2 is 2.40 bits per heavy atom. The molecule has 0 aromatic rings. The van der Waals surface area contributed by atoms with Crippen molar-refractivity contribution in [2.45, 2.75) is 20.1 Å². The Bertz CT molecular complexity index is 307. The fourth-order valence-corrected chi connectivity index (χ4v) is 1.49. The van der Waals surface area contributed by atoms with Crippen molar-refractivity contribution in [3.63, 3.8) is 0 Å². The van der Waals surface area contributed by atoms with E-state index >= 15 is 0 Å². The highest BCUT2D eigenvalue weighted by Gasteiger charge is 2.15. The fraction of sp³-hybridized carbons (Fsp3) is 0.429. The average Bonchev–Trinajstić information content (AvgIpc) is 1.98. The van der Waals surface area contributed by atoms with Crippen molar-refractivity contribution in [1.29, 1.82) is 0 Å². The molecule has 3 N–H and O–H groups in total. The van der Waals surface area contributed by atoms with Crippen molar-refractivity contribution in [2.75, 3.05) is 0 Å². The average molecular weight is 248 g/mol. The van der Waals surface area contributed by atoms with Crippen LogP contribution in [0.4, 0.5) is 0 Å². The molecule has 0 fully saturated rings. The lowest BCUT2D eigenvalue weighted by atomic mass is 10.6. The minimum atomic E-state index is -0.482. The molecule has 0 bridgehead atoms. The molecule has 0 aromatic carbocycles. The zero-order valence-electron chi connectivity index (χ0n) is 8.27. The van der Waals surface area contributed by atoms with Gasteiger partial charge in [-0.2, -0.15) is 5.43 Å². The number of esters is 1. The van der Waals surface area contributed by atoms with Crippen LogP contribution >= 0.6 is 24.8 Å². The largest absolute Gasteiger partial charge is 0.446 e. The van der Waals surface area contributed by atoms with Gasteiger partial charge in [-0.1, -0.05) is 17.4 Å². The Morgan fingerprint density at radius 3 is 2.93 bits per heavy atom. The zero-order valence-corrected chi connectivity index (χ0v) is 9.98. The summed E-state index contributed by atoms with van der Waals surface area (Å²) in [4.78, 5) is 11.2. The molecule has 1 atom stereocenters. The van der Waals surface area contributed by atoms with Gasteiger partial charge in [0, 0.05) is 13.0 Å². The number of carbonyl (C=O) groups is 1. The summed E-state index contributed by atoms with van der Waals surface area (Å²) in [5, 5.41) is 1.96. The molecule has 1 aliphatic heterocycles. The highest BCUT2D eigenvalue weighted by atomic mass is 32.1. The van der Waals surface area contributed by atoms with E-state index in [1.165, 1.54) is 12.2 Å². The first-order chi connectivity index (χ1) is 6.97. The van der Waals surface area contributed by atoms with Crippen LogP contribution < -0.4 is 16.3 Å². The third-order valence-corrected chi connectivity index (χ3v) is 1.81. The monoisotopic (exact) mass is 248 g/mol. The lowest BCUT2D eigenvalue weighted by Crippen LogP contribution is -2.61. The van der Waals surface area contributed by atoms with E-state index in [2.05, 4.69) is 28.9 Å². The molecule has 1 unspecified atom stereocenters. The van der Waals surface area contributed by atoms with E-state index in [0.29, 0.717) is 10.0 Å². The summed E-state index contributed by atoms with van der Waals surface area (Å²) in [5.41, 5.74) is 8.39. The summed E-state index contributed by atoms with van der Waals surface area (Å²) in [6.07, 6.45) is 1.16. The number of hydrogen-bond donors (Lipinski definition) is 4. The van der Waals surface area contributed by atoms with Crippen LogP contribution in [0.15, 0.2) is 11.1 Å². The highest BCUT2D eigenvalue weighted by molar-refractivity contribution is 7.84. The van der Waals surface area contributed by atoms with Gasteiger partial charge < -0.3 is 4.74 Å². The third-order valence-electron chi connectivity index (χ3n) is 1.37. The number of ether oxygens (including phenoxy) is 1. The summed E-state index contributed by atoms with van der Waals surface area (Å²) >= 11 is 9.04. The first-order valence-electron chi connectivity index (χ1n) is 4.19. The number of hydrazine groups is 3. The van der Waals surface area contributed by atoms with Crippen LogP contribution in [0.2, 0.25) is 0 Å². The van der Waals surface area contributed by atoms with Crippen molar-refractivity contribution in [2.24, 2.45) is 0 Å². The van der Waals surface area contributed by atoms with Crippen LogP contribution in [0.1, 0.15) is 13.8 Å². The molecule has 0 amide bonds. The molecular weight excluding hydrogens is 236 g/mol. The number of hydrogen-bond acceptors (Lipinski definition) is 7. The normalized spacial score (nSPS) is 18.6. The second-order valence-electron chi connectivity index (χ2n) is 2.83. The zero-order chi connectivity index (χ0) is 11.4. The van der Waals surface area contributed by atoms with Gasteiger partial charge in [0.25, 0.3) is 0 Å². The lowest BCUT2D eigenvalue weighted by molar-refractivity contribution is -0.151. The molecule has 0 aromatic heterocycles. The Morgan fingerprint density at radius 1 is 1.73 bits per heavy atom. The van der Waals surface area contributed by atoms with Crippen molar-refractivity contribution in [3.8, 4) is 0 Å². The van der Waals surface area contributed by atoms with Gasteiger partial charge in [-0.3, -0.25) is 15.6 Å². The van der Waals surface area contributed by atoms with Crippen LogP contribution in [-0.2, 0) is 9.53 Å². The Hall–Kier alpha value is -0.830. The van der Waals surface area contributed by atoms with Gasteiger partial charge in [0.1, 0.15) is 4.99 Å². The first kappa shape index (κ1) is 12.2. The number of nitrogens with zero attached hydrogens (tertiary/aromatic N) is 1. The molecule has 8 heteroatoms. The first-order valence-corrected chi connectivity index (χ1v) is 5.04. The Kier molecular flexibility index (Phi) is 4.33. The van der Waals surface area contributed by atoms with Crippen LogP contribution in [0.5, 0.6) is 0 Å². The van der Waals surface area contributed by atoms with Crippen LogP contribution in [0.3, 0.4) is 0 Å². The maximum absolute atomic E-state index is 10.7. The summed E-state index contributed by atoms with van der Waals surface area (Å²) in [7, 11) is 0. The number of thiol groups is 1. The molecule has 1 aliphatic rings. The van der Waals surface area contributed by atoms with Crippen LogP contribution in [0, 0.1) is 0 Å². The summed E-state index contributed by atoms with van der Waals surface area (Å²) < 4.78 is 4.86. The van der Waals surface area contributed by atoms with E-state index in [9.17, 15) is 4.79 Å². The van der Waals surface area contributed by atoms with Gasteiger partial charge in [-0.05, 0) is 6.92 Å². The van der Waals surface area contributed by atoms with Gasteiger partial charge >= 0.3 is 5.97 Å². The summed E-state index contributed by atoms with van der Waals surface area (Å²) in [5.74, 6) is -0.365. The minimum absolute atomic E-state index is 0.365. The van der Waals surface area contributed by atoms with Gasteiger partial charge in [-0.25, -0.2) is 0 Å². The SMILES string of the molecule is CC(=O)OC(C)NN1NC(=S)C=C(S)N1. The van der Waals surface area contributed by atoms with E-state index in [0.717, 1.165) is 0 Å². The van der Waals surface area contributed by atoms with Gasteiger partial charge in [-0.15, -0.1) is 12.6 Å². The molecule has 1 rings (SSSR count). The smallest absolute Gasteiger partial charge is 0.304 e. The van der Waals surface area contributed by atoms with Gasteiger partial charge in [0.15, 0.2) is 6.23 Å². The predicted octanol–water partition coefficient (Wildman–Crippen LogP) is -0.176. The van der Waals surface area contributed by atoms with Crippen molar-refractivity contribution < 1.29 is 9.53 Å². The number of thiocarbonyl (C=S) groups is 1. The number of rotatable bonds is 3. The molecule has 15 heavy (non-hydrogen) atoms. The van der Waals surface area contributed by atoms with Gasteiger partial charge in [0.2, 0.25) is 0 Å². The molecule has 1 heterocycles. The van der Waals surface area contributed by atoms with E-state index in [-0.39, 0.29) is 5.97 Å². The Labute approximate surface area is 98.3 Å². The van der Waals surface area contributed by atoms with E-state index in [1.54, 1.807) is 13.0 Å². The van der Waals surface area contributed by atoms with Crippen LogP contribution in [-0.4, -0.2) is 22.4 Å². The maximum Gasteiger partial charge on any atom is 0.304 e. The van der Waals surface area contributed by atoms with Gasteiger partial charge in [0.05, 0.1) is 5.03 Å². The van der Waals surface area contributed by atoms with Crippen molar-refractivity contribution in [1.82, 2.24) is 21.5 Å². The number of nitrogens with one attached hydrogen (secondary N) is 3. The topological polar surface area (TPSA) is 65.6 Å². The molecule has 0 saturated carbocycles. The van der Waals surface area contributed by atoms with Crippen molar-refractivity contribution >= 4 is 35.8 Å². The molecule has 6 nitrogen and oxygen atoms in total. The summed E-state index contributed by atoms with van der Waals surface area (Å²) in [6, 6.07) is 0. The highest BCUT2D eigenvalue weighted by Crippen LogP contribution is 2.01. The molecule has 0 spiro atoms. The molecular formula is C7H12N4O2S2. The maximum atomic E-state index is 10.7. The Balaban J connectivity index is 2.43. The predicted molar refractivity (Wildman–Crippen MR) is 62.1 cm³/mol. The second-order valence-corrected chi connectivity index (χ2v) is 3.76. The van der Waals surface area contributed by atoms with Crippen LogP contribution in [0.25, 0.3) is 0 Å². The number of carbonyl (C=O) groups excluding carboxylic acids is 1. The second kappa shape index (κ2) is 5.31. The van der Waals surface area contributed by atoms with E-state index in [1.807, 2.05) is 0 Å². The van der Waals surface area contributed by atoms with Crippen molar-refractivity contribution in [3.05, 3.63) is 11.1 Å². The van der Waals surface area contributed by atoms with E-state index < -0.39 is 6.23 Å². The molecule has 0 radical (unpaired) electrons. The summed E-state index contributed by atoms with van der Waals surface area (Å²) in [6.45, 7) is 3.02. The molecule has 0 saturated heterocycles.